The number of nitrogens with zero attached hydrogens (tertiary/aromatic N) is 5. The van der Waals surface area contributed by atoms with Crippen LogP contribution in [-0.4, -0.2) is 171 Å². The SMILES string of the molecule is CC[C@H](C)[C@@H]1NC(=O)[C@@H]2CCCN2C(=O)[C@H](Cc2cccc(-c3cccc(C(F)(F)F)c3)c2)N(C)C(=O)[C@H](Cc2ccccc2)NC(=O)[C@H](C(C)C)N(C)C(=O)[C@@H]([C@@H](C)CC)OC(=O)[C@H](C(C)(C)O)N(C)C(=O)[C@H](CC(C)C)CC(=O)[C@H](C(C)C)N(C)C1=O. The highest BCUT2D eigenvalue weighted by molar-refractivity contribution is 5.99. The van der Waals surface area contributed by atoms with Crippen molar-refractivity contribution in [3.8, 4) is 11.1 Å². The fraction of sp³-hybridized carbons (Fsp3) is 0.603. The first-order valence-corrected chi connectivity index (χ1v) is 31.3. The summed E-state index contributed by atoms with van der Waals surface area (Å²) >= 11 is 0. The molecule has 490 valence electrons. The first kappa shape index (κ1) is 72.6. The van der Waals surface area contributed by atoms with Crippen molar-refractivity contribution in [2.45, 2.75) is 195 Å². The first-order chi connectivity index (χ1) is 41.5. The average molecular weight is 1240 g/mol. The van der Waals surface area contributed by atoms with Gasteiger partial charge in [-0.1, -0.05) is 142 Å². The monoisotopic (exact) mass is 1240 g/mol. The Morgan fingerprint density at radius 1 is 0.618 bits per heavy atom. The van der Waals surface area contributed by atoms with E-state index in [9.17, 15) is 37.5 Å². The van der Waals surface area contributed by atoms with E-state index < -0.39 is 148 Å². The van der Waals surface area contributed by atoms with Crippen molar-refractivity contribution in [1.82, 2.24) is 35.1 Å². The lowest BCUT2D eigenvalue weighted by molar-refractivity contribution is -0.178. The fourth-order valence-corrected chi connectivity index (χ4v) is 12.5. The Bertz CT molecular complexity index is 2990. The Morgan fingerprint density at radius 2 is 1.19 bits per heavy atom. The van der Waals surface area contributed by atoms with Crippen LogP contribution in [0.2, 0.25) is 0 Å². The van der Waals surface area contributed by atoms with Gasteiger partial charge in [0.15, 0.2) is 17.9 Å². The molecule has 2 saturated heterocycles. The number of carbonyl (C=O) groups is 9. The largest absolute Gasteiger partial charge is 0.450 e. The van der Waals surface area contributed by atoms with Crippen molar-refractivity contribution in [1.29, 1.82) is 0 Å². The number of nitrogens with one attached hydrogen (secondary N) is 2. The summed E-state index contributed by atoms with van der Waals surface area (Å²) in [5.41, 5.74) is -1.19. The van der Waals surface area contributed by atoms with E-state index in [1.165, 1.54) is 68.9 Å². The molecule has 0 saturated carbocycles. The van der Waals surface area contributed by atoms with Crippen LogP contribution in [0.3, 0.4) is 0 Å². The maximum atomic E-state index is 15.7. The van der Waals surface area contributed by atoms with Crippen LogP contribution in [0.5, 0.6) is 0 Å². The molecule has 2 heterocycles. The van der Waals surface area contributed by atoms with Crippen molar-refractivity contribution >= 4 is 53.1 Å². The highest BCUT2D eigenvalue weighted by Gasteiger charge is 2.48. The molecule has 0 aromatic heterocycles. The minimum Gasteiger partial charge on any atom is -0.450 e. The van der Waals surface area contributed by atoms with Gasteiger partial charge in [-0.25, -0.2) is 4.79 Å². The van der Waals surface area contributed by atoms with Crippen LogP contribution in [0.1, 0.15) is 138 Å². The Hall–Kier alpha value is -7.16. The summed E-state index contributed by atoms with van der Waals surface area (Å²) < 4.78 is 48.1. The van der Waals surface area contributed by atoms with E-state index in [0.29, 0.717) is 36.0 Å². The number of hydrogen-bond donors (Lipinski definition) is 3. The molecule has 11 atom stereocenters. The molecule has 21 heteroatoms. The van der Waals surface area contributed by atoms with Crippen LogP contribution in [0.4, 0.5) is 13.2 Å². The maximum Gasteiger partial charge on any atom is 0.416 e. The van der Waals surface area contributed by atoms with Gasteiger partial charge in [-0.2, -0.15) is 13.2 Å². The lowest BCUT2D eigenvalue weighted by Crippen LogP contribution is -2.61. The number of rotatable bonds is 14. The number of esters is 1. The van der Waals surface area contributed by atoms with E-state index in [1.807, 2.05) is 20.8 Å². The third-order valence-corrected chi connectivity index (χ3v) is 17.7. The highest BCUT2D eigenvalue weighted by Crippen LogP contribution is 2.34. The zero-order valence-electron chi connectivity index (χ0n) is 54.9. The summed E-state index contributed by atoms with van der Waals surface area (Å²) in [5, 5.41) is 17.6. The summed E-state index contributed by atoms with van der Waals surface area (Å²) in [6, 6.07) is 10.7. The summed E-state index contributed by atoms with van der Waals surface area (Å²) in [7, 11) is 5.54. The number of carbonyl (C=O) groups excluding carboxylic acids is 9. The molecule has 0 aliphatic carbocycles. The molecule has 2 aliphatic heterocycles. The van der Waals surface area contributed by atoms with Crippen LogP contribution in [0.15, 0.2) is 78.9 Å². The van der Waals surface area contributed by atoms with E-state index in [0.717, 1.165) is 21.9 Å². The summed E-state index contributed by atoms with van der Waals surface area (Å²) in [5.74, 6) is -10.1. The van der Waals surface area contributed by atoms with E-state index >= 15 is 24.0 Å². The topological polar surface area (TPSA) is 223 Å². The molecule has 2 fully saturated rings. The molecule has 0 unspecified atom stereocenters. The Balaban J connectivity index is 1.74. The van der Waals surface area contributed by atoms with Gasteiger partial charge in [-0.05, 0) is 97.6 Å². The van der Waals surface area contributed by atoms with Gasteiger partial charge in [0, 0.05) is 65.8 Å². The second kappa shape index (κ2) is 31.0. The van der Waals surface area contributed by atoms with E-state index in [-0.39, 0.29) is 50.1 Å². The Labute approximate surface area is 524 Å². The number of amides is 7. The molecular weight excluding hydrogens is 1150 g/mol. The standard InChI is InChI=1S/C68H96F3N7O11/c1-17-42(9)54-64(85)75(14)55(40(5)6)53(79)38-48(33-39(3)4)61(82)77(16)58(67(11,12)88)66(87)89-57(43(10)18-2)65(86)76(15)56(41(7)8)60(81)72-50(35-44-25-20-19-21-26-44)62(83)74(13)52(63(84)78-32-24-31-51(78)59(80)73-54)36-45-27-22-28-46(34-45)47-29-23-30-49(37-47)68(69,70)71/h19-23,25-30,34,37,39-43,48,50-52,54-58,88H,17-18,24,31-33,35-36,38H2,1-16H3,(H,72,81)(H,73,80)/t42-,43-,48+,50-,51-,52-,54-,55-,56-,57+,58+/m0/s1. The fourth-order valence-electron chi connectivity index (χ4n) is 12.5. The number of halogens is 3. The second-order valence-electron chi connectivity index (χ2n) is 26.3. The predicted octanol–water partition coefficient (Wildman–Crippen LogP) is 8.15. The molecule has 89 heavy (non-hydrogen) atoms. The molecule has 18 nitrogen and oxygen atoms in total. The normalized spacial score (nSPS) is 25.1. The summed E-state index contributed by atoms with van der Waals surface area (Å²) in [4.78, 5) is 142. The minimum absolute atomic E-state index is 0.0566. The van der Waals surface area contributed by atoms with Gasteiger partial charge in [-0.15, -0.1) is 0 Å². The number of benzene rings is 3. The van der Waals surface area contributed by atoms with Gasteiger partial charge < -0.3 is 45.0 Å². The van der Waals surface area contributed by atoms with Crippen molar-refractivity contribution in [3.63, 3.8) is 0 Å². The van der Waals surface area contributed by atoms with Gasteiger partial charge in [0.25, 0.3) is 5.91 Å². The van der Waals surface area contributed by atoms with Crippen molar-refractivity contribution < 1.29 is 66.2 Å². The van der Waals surface area contributed by atoms with Crippen LogP contribution in [0, 0.1) is 35.5 Å². The quantitative estimate of drug-likeness (QED) is 0.131. The van der Waals surface area contributed by atoms with E-state index in [1.54, 1.807) is 103 Å². The number of aliphatic hydroxyl groups is 1. The Kier molecular flexibility index (Phi) is 25.3. The third-order valence-electron chi connectivity index (χ3n) is 17.7. The van der Waals surface area contributed by atoms with Crippen LogP contribution in [-0.2, 0) is 66.9 Å². The van der Waals surface area contributed by atoms with Gasteiger partial charge >= 0.3 is 12.1 Å². The van der Waals surface area contributed by atoms with Crippen molar-refractivity contribution in [2.24, 2.45) is 35.5 Å². The summed E-state index contributed by atoms with van der Waals surface area (Å²) in [6.45, 7) is 20.3. The molecular formula is C68H96F3N7O11. The third kappa shape index (κ3) is 18.1. The number of cyclic esters (lactones) is 1. The first-order valence-electron chi connectivity index (χ1n) is 31.3. The van der Waals surface area contributed by atoms with Gasteiger partial charge in [-0.3, -0.25) is 38.4 Å². The number of ketones is 1. The number of fused-ring (bicyclic) bond motifs is 1. The van der Waals surface area contributed by atoms with Crippen molar-refractivity contribution in [2.75, 3.05) is 34.7 Å². The molecule has 5 rings (SSSR count). The van der Waals surface area contributed by atoms with Crippen LogP contribution >= 0.6 is 0 Å². The highest BCUT2D eigenvalue weighted by atomic mass is 19.4. The maximum absolute atomic E-state index is 15.7. The molecule has 3 aromatic carbocycles. The lowest BCUT2D eigenvalue weighted by atomic mass is 9.85. The number of ether oxygens (including phenoxy) is 1. The molecule has 0 bridgehead atoms. The van der Waals surface area contributed by atoms with Crippen molar-refractivity contribution in [3.05, 3.63) is 95.6 Å². The number of likely N-dealkylation sites (N-methyl/N-ethyl adjacent to an activating group) is 4. The van der Waals surface area contributed by atoms with E-state index in [2.05, 4.69) is 10.6 Å². The lowest BCUT2D eigenvalue weighted by Gasteiger charge is -2.39. The minimum atomic E-state index is -4.64. The predicted molar refractivity (Wildman–Crippen MR) is 333 cm³/mol. The molecule has 0 spiro atoms. The smallest absolute Gasteiger partial charge is 0.416 e. The zero-order valence-corrected chi connectivity index (χ0v) is 54.9. The Morgan fingerprint density at radius 3 is 1.75 bits per heavy atom. The van der Waals surface area contributed by atoms with Gasteiger partial charge in [0.2, 0.25) is 35.4 Å². The van der Waals surface area contributed by atoms with Crippen LogP contribution in [0.25, 0.3) is 11.1 Å². The molecule has 3 N–H and O–H groups in total. The number of alkyl halides is 3. The summed E-state index contributed by atoms with van der Waals surface area (Å²) in [6.07, 6.45) is -5.57. The molecule has 0 radical (unpaired) electrons. The average Bonchev–Trinajstić information content (AvgIpc) is 3.33. The van der Waals surface area contributed by atoms with Crippen LogP contribution < -0.4 is 10.6 Å². The van der Waals surface area contributed by atoms with Gasteiger partial charge in [0.1, 0.15) is 30.2 Å². The molecule has 2 aliphatic rings. The van der Waals surface area contributed by atoms with E-state index in [4.69, 9.17) is 4.74 Å². The molecule has 7 amide bonds. The zero-order chi connectivity index (χ0) is 66.7. The number of hydrogen-bond acceptors (Lipinski definition) is 11. The number of Topliss-reactive ketones (excluding diaryl/α,β-unsaturated/α-hetero) is 1. The molecule has 3 aromatic rings. The second-order valence-corrected chi connectivity index (χ2v) is 26.3. The van der Waals surface area contributed by atoms with Gasteiger partial charge in [0.05, 0.1) is 17.2 Å².